The lowest BCUT2D eigenvalue weighted by atomic mass is 9.95. The summed E-state index contributed by atoms with van der Waals surface area (Å²) in [7, 11) is 0. The molecule has 0 saturated heterocycles. The van der Waals surface area contributed by atoms with Gasteiger partial charge in [0.1, 0.15) is 5.75 Å². The molecule has 1 aromatic heterocycles. The third kappa shape index (κ3) is 8.53. The monoisotopic (exact) mass is 441 g/mol. The molecule has 0 aliphatic heterocycles. The number of hydrogen-bond acceptors (Lipinski definition) is 5. The third-order valence-electron chi connectivity index (χ3n) is 5.75. The minimum Gasteiger partial charge on any atom is -0.491 e. The van der Waals surface area contributed by atoms with Crippen molar-refractivity contribution in [2.24, 2.45) is 0 Å². The van der Waals surface area contributed by atoms with E-state index in [1.807, 2.05) is 25.1 Å². The van der Waals surface area contributed by atoms with Crippen molar-refractivity contribution in [2.45, 2.75) is 78.9 Å². The average Bonchev–Trinajstić information content (AvgIpc) is 2.78. The van der Waals surface area contributed by atoms with Crippen LogP contribution >= 0.6 is 0 Å². The van der Waals surface area contributed by atoms with Crippen molar-refractivity contribution in [3.05, 3.63) is 58.4 Å². The van der Waals surface area contributed by atoms with E-state index in [1.54, 1.807) is 0 Å². The Morgan fingerprint density at radius 1 is 1.03 bits per heavy atom. The molecule has 1 aromatic carbocycles. The molecule has 1 heterocycles. The van der Waals surface area contributed by atoms with Gasteiger partial charge >= 0.3 is 0 Å². The van der Waals surface area contributed by atoms with Gasteiger partial charge in [0.05, 0.1) is 24.6 Å². The van der Waals surface area contributed by atoms with Gasteiger partial charge in [-0.15, -0.1) is 0 Å². The van der Waals surface area contributed by atoms with Gasteiger partial charge in [-0.3, -0.25) is 4.98 Å². The molecule has 0 aliphatic rings. The zero-order chi connectivity index (χ0) is 23.2. The Morgan fingerprint density at radius 3 is 2.47 bits per heavy atom. The lowest BCUT2D eigenvalue weighted by molar-refractivity contribution is 0.271. The predicted octanol–water partition coefficient (Wildman–Crippen LogP) is 4.56. The second-order valence-electron chi connectivity index (χ2n) is 8.57. The van der Waals surface area contributed by atoms with E-state index in [1.165, 1.54) is 18.4 Å². The SMILES string of the molecule is CCCCNCCCCOc1c(C)nc(Cc2ccccc2)c(CO)c1CC(C)NCC. The van der Waals surface area contributed by atoms with Crippen molar-refractivity contribution in [3.8, 4) is 5.75 Å². The number of aromatic nitrogens is 1. The number of pyridine rings is 1. The Balaban J connectivity index is 2.17. The summed E-state index contributed by atoms with van der Waals surface area (Å²) in [5.74, 6) is 0.856. The number of benzene rings is 1. The van der Waals surface area contributed by atoms with E-state index in [2.05, 4.69) is 43.5 Å². The second-order valence-corrected chi connectivity index (χ2v) is 8.57. The van der Waals surface area contributed by atoms with Crippen LogP contribution < -0.4 is 15.4 Å². The van der Waals surface area contributed by atoms with Crippen LogP contribution in [0.2, 0.25) is 0 Å². The van der Waals surface area contributed by atoms with Crippen LogP contribution in [0.4, 0.5) is 0 Å². The molecule has 5 heteroatoms. The number of aryl methyl sites for hydroxylation is 1. The average molecular weight is 442 g/mol. The summed E-state index contributed by atoms with van der Waals surface area (Å²) in [6.07, 6.45) is 6.07. The zero-order valence-electron chi connectivity index (χ0n) is 20.5. The first-order valence-corrected chi connectivity index (χ1v) is 12.3. The van der Waals surface area contributed by atoms with Gasteiger partial charge in [-0.05, 0) is 64.7 Å². The standard InChI is InChI=1S/C27H43N3O2/c1-5-7-15-28-16-11-12-17-32-27-22(4)30-26(19-23-13-9-8-10-14-23)25(20-31)24(27)18-21(3)29-6-2/h8-10,13-14,21,28-29,31H,5-7,11-12,15-20H2,1-4H3. The molecule has 0 bridgehead atoms. The number of rotatable bonds is 16. The van der Waals surface area contributed by atoms with E-state index in [0.29, 0.717) is 19.1 Å². The topological polar surface area (TPSA) is 66.4 Å². The number of likely N-dealkylation sites (N-methyl/N-ethyl adjacent to an activating group) is 1. The van der Waals surface area contributed by atoms with E-state index in [-0.39, 0.29) is 6.61 Å². The Morgan fingerprint density at radius 2 is 1.78 bits per heavy atom. The first-order valence-electron chi connectivity index (χ1n) is 12.3. The third-order valence-corrected chi connectivity index (χ3v) is 5.75. The molecule has 0 spiro atoms. The quantitative estimate of drug-likeness (QED) is 0.333. The summed E-state index contributed by atoms with van der Waals surface area (Å²) in [4.78, 5) is 4.88. The minimum atomic E-state index is -0.0265. The van der Waals surface area contributed by atoms with Crippen molar-refractivity contribution in [2.75, 3.05) is 26.2 Å². The Hall–Kier alpha value is -1.95. The fourth-order valence-electron chi connectivity index (χ4n) is 4.06. The van der Waals surface area contributed by atoms with Crippen molar-refractivity contribution in [3.63, 3.8) is 0 Å². The normalized spacial score (nSPS) is 12.2. The molecule has 0 amide bonds. The zero-order valence-corrected chi connectivity index (χ0v) is 20.5. The summed E-state index contributed by atoms with van der Waals surface area (Å²) < 4.78 is 6.29. The van der Waals surface area contributed by atoms with Crippen molar-refractivity contribution < 1.29 is 9.84 Å². The molecule has 0 radical (unpaired) electrons. The number of hydrogen-bond donors (Lipinski definition) is 3. The maximum absolute atomic E-state index is 10.3. The van der Waals surface area contributed by atoms with Crippen LogP contribution in [-0.2, 0) is 19.4 Å². The number of nitrogens with one attached hydrogen (secondary N) is 2. The molecule has 3 N–H and O–H groups in total. The maximum Gasteiger partial charge on any atom is 0.144 e. The number of aliphatic hydroxyl groups excluding tert-OH is 1. The van der Waals surface area contributed by atoms with Gasteiger partial charge in [0, 0.05) is 23.6 Å². The highest BCUT2D eigenvalue weighted by atomic mass is 16.5. The molecule has 32 heavy (non-hydrogen) atoms. The molecule has 1 unspecified atom stereocenters. The van der Waals surface area contributed by atoms with Gasteiger partial charge in [0.2, 0.25) is 0 Å². The fraction of sp³-hybridized carbons (Fsp3) is 0.593. The lowest BCUT2D eigenvalue weighted by Gasteiger charge is -2.22. The Labute approximate surface area is 195 Å². The second kappa shape index (κ2) is 15.0. The van der Waals surface area contributed by atoms with Crippen LogP contribution in [-0.4, -0.2) is 42.4 Å². The highest BCUT2D eigenvalue weighted by molar-refractivity contribution is 5.47. The van der Waals surface area contributed by atoms with Gasteiger partial charge in [-0.1, -0.05) is 50.6 Å². The first-order chi connectivity index (χ1) is 15.6. The summed E-state index contributed by atoms with van der Waals surface area (Å²) >= 11 is 0. The van der Waals surface area contributed by atoms with E-state index in [4.69, 9.17) is 9.72 Å². The first kappa shape index (κ1) is 26.3. The van der Waals surface area contributed by atoms with Crippen LogP contribution in [0.25, 0.3) is 0 Å². The van der Waals surface area contributed by atoms with E-state index in [0.717, 1.165) is 67.2 Å². The van der Waals surface area contributed by atoms with Crippen LogP contribution in [0.15, 0.2) is 30.3 Å². The summed E-state index contributed by atoms with van der Waals surface area (Å²) in [6.45, 7) is 12.2. The molecule has 0 aliphatic carbocycles. The molecule has 0 fully saturated rings. The summed E-state index contributed by atoms with van der Waals surface area (Å²) in [6, 6.07) is 10.6. The van der Waals surface area contributed by atoms with E-state index in [9.17, 15) is 5.11 Å². The van der Waals surface area contributed by atoms with Gasteiger partial charge in [-0.25, -0.2) is 0 Å². The largest absolute Gasteiger partial charge is 0.491 e. The Kier molecular flexibility index (Phi) is 12.3. The van der Waals surface area contributed by atoms with Crippen molar-refractivity contribution in [1.82, 2.24) is 15.6 Å². The highest BCUT2D eigenvalue weighted by Gasteiger charge is 2.20. The van der Waals surface area contributed by atoms with Crippen LogP contribution in [0, 0.1) is 6.92 Å². The smallest absolute Gasteiger partial charge is 0.144 e. The molecule has 2 aromatic rings. The maximum atomic E-state index is 10.3. The van der Waals surface area contributed by atoms with Crippen LogP contribution in [0.5, 0.6) is 5.75 Å². The molecule has 5 nitrogen and oxygen atoms in total. The van der Waals surface area contributed by atoms with Crippen LogP contribution in [0.3, 0.4) is 0 Å². The number of unbranched alkanes of at least 4 members (excludes halogenated alkanes) is 2. The van der Waals surface area contributed by atoms with Crippen molar-refractivity contribution in [1.29, 1.82) is 0 Å². The number of nitrogens with zero attached hydrogens (tertiary/aromatic N) is 1. The van der Waals surface area contributed by atoms with Gasteiger partial charge in [-0.2, -0.15) is 0 Å². The predicted molar refractivity (Wildman–Crippen MR) is 133 cm³/mol. The Bertz CT molecular complexity index is 780. The molecular formula is C27H43N3O2. The molecule has 2 rings (SSSR count). The van der Waals surface area contributed by atoms with Gasteiger partial charge in [0.25, 0.3) is 0 Å². The van der Waals surface area contributed by atoms with Gasteiger partial charge < -0.3 is 20.5 Å². The molecule has 1 atom stereocenters. The number of ether oxygens (including phenoxy) is 1. The van der Waals surface area contributed by atoms with E-state index >= 15 is 0 Å². The molecule has 178 valence electrons. The molecular weight excluding hydrogens is 398 g/mol. The highest BCUT2D eigenvalue weighted by Crippen LogP contribution is 2.31. The lowest BCUT2D eigenvalue weighted by Crippen LogP contribution is -2.28. The van der Waals surface area contributed by atoms with E-state index < -0.39 is 0 Å². The minimum absolute atomic E-state index is 0.0265. The number of aliphatic hydroxyl groups is 1. The van der Waals surface area contributed by atoms with Gasteiger partial charge in [0.15, 0.2) is 0 Å². The summed E-state index contributed by atoms with van der Waals surface area (Å²) in [5, 5.41) is 17.3. The van der Waals surface area contributed by atoms with Crippen molar-refractivity contribution >= 4 is 0 Å². The summed E-state index contributed by atoms with van der Waals surface area (Å²) in [5.41, 5.74) is 5.07. The van der Waals surface area contributed by atoms with Crippen LogP contribution in [0.1, 0.15) is 74.5 Å². The molecule has 0 saturated carbocycles. The fourth-order valence-corrected chi connectivity index (χ4v) is 4.06.